The summed E-state index contributed by atoms with van der Waals surface area (Å²) < 4.78 is 13.2. The first-order chi connectivity index (χ1) is 16.9. The summed E-state index contributed by atoms with van der Waals surface area (Å²) in [5.41, 5.74) is 1.98. The van der Waals surface area contributed by atoms with Crippen LogP contribution in [0.25, 0.3) is 11.1 Å². The van der Waals surface area contributed by atoms with Crippen LogP contribution in [-0.4, -0.2) is 39.5 Å². The third kappa shape index (κ3) is 4.44. The first kappa shape index (κ1) is 23.5. The topological polar surface area (TPSA) is 76.7 Å². The maximum atomic E-state index is 13.8. The average molecular weight is 478 g/mol. The van der Waals surface area contributed by atoms with Gasteiger partial charge in [-0.2, -0.15) is 0 Å². The highest BCUT2D eigenvalue weighted by atomic mass is 16.5. The third-order valence-corrected chi connectivity index (χ3v) is 7.63. The molecular formula is C28H35N3O4. The van der Waals surface area contributed by atoms with Crippen LogP contribution in [0.3, 0.4) is 0 Å². The quantitative estimate of drug-likeness (QED) is 0.512. The van der Waals surface area contributed by atoms with E-state index >= 15 is 0 Å². The van der Waals surface area contributed by atoms with Crippen LogP contribution in [0.2, 0.25) is 0 Å². The predicted molar refractivity (Wildman–Crippen MR) is 134 cm³/mol. The van der Waals surface area contributed by atoms with Gasteiger partial charge in [-0.05, 0) is 62.6 Å². The summed E-state index contributed by atoms with van der Waals surface area (Å²) in [5, 5.41) is 3.29. The molecule has 1 aromatic carbocycles. The molecule has 0 radical (unpaired) electrons. The molecule has 7 nitrogen and oxygen atoms in total. The van der Waals surface area contributed by atoms with Crippen molar-refractivity contribution in [2.24, 2.45) is 5.92 Å². The zero-order chi connectivity index (χ0) is 24.6. The smallest absolute Gasteiger partial charge is 0.271 e. The summed E-state index contributed by atoms with van der Waals surface area (Å²) in [7, 11) is 0. The van der Waals surface area contributed by atoms with Gasteiger partial charge in [-0.1, -0.05) is 26.0 Å². The molecule has 1 fully saturated rings. The molecule has 2 aliphatic rings. The Morgan fingerprint density at radius 3 is 2.63 bits per heavy atom. The van der Waals surface area contributed by atoms with E-state index in [0.29, 0.717) is 36.9 Å². The molecule has 5 rings (SSSR count). The largest absolute Gasteiger partial charge is 0.494 e. The Labute approximate surface area is 206 Å². The van der Waals surface area contributed by atoms with Crippen molar-refractivity contribution in [3.8, 4) is 5.75 Å². The van der Waals surface area contributed by atoms with E-state index in [0.717, 1.165) is 48.9 Å². The number of aromatic nitrogens is 1. The third-order valence-electron chi connectivity index (χ3n) is 7.63. The second-order valence-corrected chi connectivity index (χ2v) is 10.4. The first-order valence-electron chi connectivity index (χ1n) is 12.8. The van der Waals surface area contributed by atoms with Crippen LogP contribution in [0.15, 0.2) is 47.1 Å². The summed E-state index contributed by atoms with van der Waals surface area (Å²) in [6.45, 7) is 7.61. The van der Waals surface area contributed by atoms with Gasteiger partial charge in [0.25, 0.3) is 5.91 Å². The maximum absolute atomic E-state index is 13.8. The zero-order valence-electron chi connectivity index (χ0n) is 20.9. The summed E-state index contributed by atoms with van der Waals surface area (Å²) in [6, 6.07) is 11.6. The molecule has 3 heterocycles. The fourth-order valence-electron chi connectivity index (χ4n) is 5.36. The van der Waals surface area contributed by atoms with Crippen molar-refractivity contribution in [3.05, 3.63) is 53.9 Å². The number of carbonyl (C=O) groups is 2. The van der Waals surface area contributed by atoms with Gasteiger partial charge >= 0.3 is 0 Å². The Balaban J connectivity index is 1.44. The van der Waals surface area contributed by atoms with E-state index in [-0.39, 0.29) is 17.9 Å². The summed E-state index contributed by atoms with van der Waals surface area (Å²) in [5.74, 6) is 1.25. The molecule has 0 saturated heterocycles. The van der Waals surface area contributed by atoms with Gasteiger partial charge in [0.05, 0.1) is 24.9 Å². The highest BCUT2D eigenvalue weighted by Crippen LogP contribution is 2.34. The zero-order valence-corrected chi connectivity index (χ0v) is 20.9. The van der Waals surface area contributed by atoms with E-state index in [1.54, 1.807) is 17.2 Å². The maximum Gasteiger partial charge on any atom is 0.271 e. The summed E-state index contributed by atoms with van der Waals surface area (Å²) in [6.07, 6.45) is 6.77. The van der Waals surface area contributed by atoms with E-state index in [4.69, 9.17) is 9.15 Å². The predicted octanol–water partition coefficient (Wildman–Crippen LogP) is 5.13. The molecule has 2 amide bonds. The van der Waals surface area contributed by atoms with Gasteiger partial charge in [-0.3, -0.25) is 9.59 Å². The first-order valence-corrected chi connectivity index (χ1v) is 12.8. The van der Waals surface area contributed by atoms with E-state index in [2.05, 4.69) is 19.2 Å². The van der Waals surface area contributed by atoms with Crippen molar-refractivity contribution >= 4 is 22.9 Å². The normalized spacial score (nSPS) is 24.4. The molecule has 2 aromatic heterocycles. The molecule has 35 heavy (non-hydrogen) atoms. The van der Waals surface area contributed by atoms with Gasteiger partial charge in [-0.15, -0.1) is 0 Å². The minimum absolute atomic E-state index is 0.0932. The van der Waals surface area contributed by atoms with Crippen molar-refractivity contribution in [3.63, 3.8) is 0 Å². The van der Waals surface area contributed by atoms with Gasteiger partial charge in [-0.25, -0.2) is 0 Å². The van der Waals surface area contributed by atoms with E-state index < -0.39 is 5.54 Å². The number of nitrogens with one attached hydrogen (secondary N) is 1. The van der Waals surface area contributed by atoms with E-state index in [1.807, 2.05) is 41.8 Å². The SMILES string of the molecule is CCCOc1ccc(CN2C(=O)c3cc4occc4n3C[C@]2(C)C(=O)NC2CCC(C)CC2)cc1. The van der Waals surface area contributed by atoms with Crippen molar-refractivity contribution in [1.82, 2.24) is 14.8 Å². The molecule has 3 aromatic rings. The minimum Gasteiger partial charge on any atom is -0.494 e. The van der Waals surface area contributed by atoms with Gasteiger partial charge in [0, 0.05) is 24.7 Å². The number of ether oxygens (including phenoxy) is 1. The van der Waals surface area contributed by atoms with E-state index in [9.17, 15) is 9.59 Å². The van der Waals surface area contributed by atoms with Crippen molar-refractivity contribution in [2.45, 2.75) is 77.5 Å². The van der Waals surface area contributed by atoms with Crippen molar-refractivity contribution in [2.75, 3.05) is 6.61 Å². The fourth-order valence-corrected chi connectivity index (χ4v) is 5.36. The van der Waals surface area contributed by atoms with Gasteiger partial charge < -0.3 is 23.9 Å². The summed E-state index contributed by atoms with van der Waals surface area (Å²) in [4.78, 5) is 29.4. The number of benzene rings is 1. The lowest BCUT2D eigenvalue weighted by Gasteiger charge is -2.45. The Kier molecular flexibility index (Phi) is 6.34. The van der Waals surface area contributed by atoms with Gasteiger partial charge in [0.2, 0.25) is 5.91 Å². The molecule has 7 heteroatoms. The van der Waals surface area contributed by atoms with E-state index in [1.165, 1.54) is 0 Å². The number of rotatable bonds is 7. The number of hydrogen-bond acceptors (Lipinski definition) is 4. The van der Waals surface area contributed by atoms with Crippen LogP contribution in [-0.2, 0) is 17.9 Å². The Bertz CT molecular complexity index is 1200. The monoisotopic (exact) mass is 477 g/mol. The second-order valence-electron chi connectivity index (χ2n) is 10.4. The molecule has 0 spiro atoms. The van der Waals surface area contributed by atoms with Crippen LogP contribution in [0, 0.1) is 5.92 Å². The molecule has 0 unspecified atom stereocenters. The fraction of sp³-hybridized carbons (Fsp3) is 0.500. The lowest BCUT2D eigenvalue weighted by atomic mass is 9.86. The highest BCUT2D eigenvalue weighted by molar-refractivity contribution is 6.02. The molecule has 1 aliphatic heterocycles. The van der Waals surface area contributed by atoms with Crippen LogP contribution in [0.4, 0.5) is 0 Å². The lowest BCUT2D eigenvalue weighted by molar-refractivity contribution is -0.134. The Hall–Kier alpha value is -3.22. The highest BCUT2D eigenvalue weighted by Gasteiger charge is 2.48. The van der Waals surface area contributed by atoms with Crippen LogP contribution >= 0.6 is 0 Å². The van der Waals surface area contributed by atoms with Crippen molar-refractivity contribution < 1.29 is 18.7 Å². The number of fused-ring (bicyclic) bond motifs is 3. The molecule has 1 aliphatic carbocycles. The van der Waals surface area contributed by atoms with Crippen molar-refractivity contribution in [1.29, 1.82) is 0 Å². The molecule has 1 N–H and O–H groups in total. The molecule has 0 bridgehead atoms. The standard InChI is InChI=1S/C28H35N3O4/c1-4-14-34-22-11-7-20(8-12-22)17-31-26(32)24-16-25-23(13-15-35-25)30(24)18-28(31,3)27(33)29-21-9-5-19(2)6-10-21/h7-8,11-13,15-16,19,21H,4-6,9-10,14,17-18H2,1-3H3,(H,29,33)/t19?,21?,28-/m1/s1. The molecular weight excluding hydrogens is 442 g/mol. The number of carbonyl (C=O) groups excluding carboxylic acids is 2. The number of nitrogens with zero attached hydrogens (tertiary/aromatic N) is 2. The Morgan fingerprint density at radius 2 is 1.91 bits per heavy atom. The van der Waals surface area contributed by atoms with Crippen LogP contribution in [0.5, 0.6) is 5.75 Å². The Morgan fingerprint density at radius 1 is 1.17 bits per heavy atom. The van der Waals surface area contributed by atoms with Crippen LogP contribution < -0.4 is 10.1 Å². The number of hydrogen-bond donors (Lipinski definition) is 1. The molecule has 186 valence electrons. The molecule has 1 atom stereocenters. The summed E-state index contributed by atoms with van der Waals surface area (Å²) >= 11 is 0. The second kappa shape index (κ2) is 9.44. The average Bonchev–Trinajstić information content (AvgIpc) is 3.45. The number of amides is 2. The van der Waals surface area contributed by atoms with Gasteiger partial charge in [0.1, 0.15) is 17.0 Å². The van der Waals surface area contributed by atoms with Crippen LogP contribution in [0.1, 0.15) is 68.9 Å². The number of furan rings is 1. The lowest BCUT2D eigenvalue weighted by Crippen LogP contribution is -2.64. The minimum atomic E-state index is -1.03. The molecule has 1 saturated carbocycles. The van der Waals surface area contributed by atoms with Gasteiger partial charge in [0.15, 0.2) is 5.58 Å².